The van der Waals surface area contributed by atoms with Crippen molar-refractivity contribution in [2.75, 3.05) is 0 Å². The predicted octanol–water partition coefficient (Wildman–Crippen LogP) is 3.27. The molecule has 0 aliphatic carbocycles. The van der Waals surface area contributed by atoms with E-state index in [1.165, 1.54) is 19.1 Å². The molecular weight excluding hydrogens is 313 g/mol. The van der Waals surface area contributed by atoms with Gasteiger partial charge in [0.2, 0.25) is 31.3 Å². The number of carbonyl (C=O) groups excluding carboxylic acids is 1. The van der Waals surface area contributed by atoms with Crippen LogP contribution in [0.1, 0.15) is 12.5 Å². The van der Waals surface area contributed by atoms with Crippen molar-refractivity contribution in [2.24, 2.45) is 5.73 Å². The van der Waals surface area contributed by atoms with Crippen LogP contribution in [0.2, 0.25) is 24.7 Å². The lowest BCUT2D eigenvalue weighted by Crippen LogP contribution is -2.35. The molecule has 0 saturated heterocycles. The van der Waals surface area contributed by atoms with Crippen molar-refractivity contribution in [3.05, 3.63) is 46.2 Å². The average molecular weight is 330 g/mol. The molecule has 4 nitrogen and oxygen atoms in total. The molecule has 1 aromatic rings. The number of ketones is 1. The summed E-state index contributed by atoms with van der Waals surface area (Å²) in [4.78, 5) is 12.6. The van der Waals surface area contributed by atoms with Crippen LogP contribution in [0.5, 0.6) is 0 Å². The third-order valence-corrected chi connectivity index (χ3v) is 4.16. The molecule has 1 heterocycles. The first-order valence-electron chi connectivity index (χ1n) is 6.43. The summed E-state index contributed by atoms with van der Waals surface area (Å²) in [6.45, 7) is 7.19. The number of carbonyl (C=O) groups is 1. The molecule has 0 bridgehead atoms. The molecule has 2 N–H and O–H groups in total. The first-order valence-corrected chi connectivity index (χ1v) is 10.2. The molecule has 0 spiro atoms. The second-order valence-electron chi connectivity index (χ2n) is 5.97. The van der Waals surface area contributed by atoms with Crippen molar-refractivity contribution in [2.45, 2.75) is 32.2 Å². The topological polar surface area (TPSA) is 61.6 Å². The molecule has 1 aromatic carbocycles. The molecule has 1 atom stereocenters. The van der Waals surface area contributed by atoms with E-state index in [0.29, 0.717) is 0 Å². The maximum Gasteiger partial charge on any atom is 0.249 e. The Morgan fingerprint density at radius 3 is 2.57 bits per heavy atom. The summed E-state index contributed by atoms with van der Waals surface area (Å²) >= 11 is 5.77. The number of rotatable bonds is 3. The number of nitrogens with two attached hydrogens (primary N) is 1. The van der Waals surface area contributed by atoms with Crippen molar-refractivity contribution in [3.63, 3.8) is 0 Å². The Hall–Kier alpha value is -1.53. The molecule has 1 unspecified atom stereocenters. The van der Waals surface area contributed by atoms with Crippen molar-refractivity contribution in [3.8, 4) is 0 Å². The van der Waals surface area contributed by atoms with Gasteiger partial charge in [-0.1, -0.05) is 23.7 Å². The van der Waals surface area contributed by atoms with Crippen LogP contribution in [-0.2, 0) is 19.6 Å². The quantitative estimate of drug-likeness (QED) is 0.864. The van der Waals surface area contributed by atoms with Gasteiger partial charge in [0.05, 0.1) is 5.02 Å². The lowest BCUT2D eigenvalue weighted by molar-refractivity contribution is -0.131. The zero-order valence-electron chi connectivity index (χ0n) is 12.3. The van der Waals surface area contributed by atoms with E-state index in [-0.39, 0.29) is 22.2 Å². The molecule has 0 fully saturated rings. The van der Waals surface area contributed by atoms with Crippen LogP contribution in [0.4, 0.5) is 4.39 Å². The Kier molecular flexibility index (Phi) is 3.80. The molecule has 7 heteroatoms. The zero-order valence-corrected chi connectivity index (χ0v) is 14.0. The maximum absolute atomic E-state index is 14.2. The third-order valence-electron chi connectivity index (χ3n) is 3.05. The normalized spacial score (nSPS) is 22.5. The lowest BCUT2D eigenvalue weighted by atomic mass is 9.91. The largest absolute Gasteiger partial charge is 0.538 e. The van der Waals surface area contributed by atoms with Gasteiger partial charge in [-0.15, -0.1) is 0 Å². The van der Waals surface area contributed by atoms with Gasteiger partial charge in [0, 0.05) is 5.56 Å². The summed E-state index contributed by atoms with van der Waals surface area (Å²) < 4.78 is 25.3. The van der Waals surface area contributed by atoms with Crippen molar-refractivity contribution >= 4 is 25.7 Å². The highest BCUT2D eigenvalue weighted by Gasteiger charge is 2.50. The van der Waals surface area contributed by atoms with E-state index in [0.717, 1.165) is 0 Å². The van der Waals surface area contributed by atoms with E-state index >= 15 is 0 Å². The molecule has 0 amide bonds. The molecule has 21 heavy (non-hydrogen) atoms. The molecule has 0 saturated carbocycles. The highest BCUT2D eigenvalue weighted by atomic mass is 35.5. The van der Waals surface area contributed by atoms with Crippen molar-refractivity contribution in [1.29, 1.82) is 0 Å². The second kappa shape index (κ2) is 5.03. The van der Waals surface area contributed by atoms with Crippen LogP contribution in [0.3, 0.4) is 0 Å². The minimum absolute atomic E-state index is 0.0314. The molecule has 0 radical (unpaired) electrons. The number of hydrogen-bond acceptors (Lipinski definition) is 4. The minimum Gasteiger partial charge on any atom is -0.538 e. The fraction of sp³-hybridized carbons (Fsp3) is 0.357. The maximum atomic E-state index is 14.2. The summed E-state index contributed by atoms with van der Waals surface area (Å²) in [5, 5.41) is -0.0803. The predicted molar refractivity (Wildman–Crippen MR) is 80.5 cm³/mol. The van der Waals surface area contributed by atoms with Crippen molar-refractivity contribution < 1.29 is 18.3 Å². The minimum atomic E-state index is -2.05. The van der Waals surface area contributed by atoms with Crippen LogP contribution in [0.25, 0.3) is 0 Å². The fourth-order valence-electron chi connectivity index (χ4n) is 2.09. The van der Waals surface area contributed by atoms with Gasteiger partial charge in [0.1, 0.15) is 5.82 Å². The zero-order chi connectivity index (χ0) is 16.0. The van der Waals surface area contributed by atoms with Gasteiger partial charge < -0.3 is 14.9 Å². The molecule has 1 aliphatic heterocycles. The van der Waals surface area contributed by atoms with Crippen molar-refractivity contribution in [1.82, 2.24) is 0 Å². The van der Waals surface area contributed by atoms with E-state index in [2.05, 4.69) is 0 Å². The van der Waals surface area contributed by atoms with Crippen LogP contribution >= 0.6 is 11.6 Å². The van der Waals surface area contributed by atoms with Gasteiger partial charge in [0.15, 0.2) is 0 Å². The van der Waals surface area contributed by atoms with E-state index in [4.69, 9.17) is 26.5 Å². The van der Waals surface area contributed by atoms with Gasteiger partial charge in [-0.05, 0) is 32.6 Å². The monoisotopic (exact) mass is 329 g/mol. The summed E-state index contributed by atoms with van der Waals surface area (Å²) in [6, 6.07) is 4.40. The highest BCUT2D eigenvalue weighted by molar-refractivity contribution is 6.70. The summed E-state index contributed by atoms with van der Waals surface area (Å²) in [5.74, 6) is -1.35. The summed E-state index contributed by atoms with van der Waals surface area (Å²) in [5.41, 5.74) is 4.23. The Morgan fingerprint density at radius 1 is 1.38 bits per heavy atom. The Bertz CT molecular complexity index is 642. The van der Waals surface area contributed by atoms with E-state index in [9.17, 15) is 9.18 Å². The summed E-state index contributed by atoms with van der Waals surface area (Å²) in [7, 11) is -2.05. The third kappa shape index (κ3) is 2.78. The molecule has 114 valence electrons. The number of halogens is 2. The molecule has 1 aliphatic rings. The van der Waals surface area contributed by atoms with Crippen LogP contribution in [0.15, 0.2) is 29.8 Å². The van der Waals surface area contributed by atoms with Crippen LogP contribution < -0.4 is 5.73 Å². The average Bonchev–Trinajstić information content (AvgIpc) is 2.56. The Balaban J connectivity index is 2.44. The summed E-state index contributed by atoms with van der Waals surface area (Å²) in [6.07, 6.45) is 0. The number of benzene rings is 1. The molecular formula is C14H17ClFNO3Si. The van der Waals surface area contributed by atoms with Gasteiger partial charge in [-0.3, -0.25) is 4.79 Å². The lowest BCUT2D eigenvalue weighted by Gasteiger charge is -2.24. The van der Waals surface area contributed by atoms with Gasteiger partial charge in [0.25, 0.3) is 0 Å². The van der Waals surface area contributed by atoms with Gasteiger partial charge in [-0.25, -0.2) is 4.39 Å². The van der Waals surface area contributed by atoms with Crippen LogP contribution in [-0.4, -0.2) is 14.1 Å². The van der Waals surface area contributed by atoms with E-state index in [1.807, 2.05) is 19.6 Å². The first kappa shape index (κ1) is 15.8. The smallest absolute Gasteiger partial charge is 0.249 e. The Morgan fingerprint density at radius 2 is 2.00 bits per heavy atom. The second-order valence-corrected chi connectivity index (χ2v) is 10.8. The van der Waals surface area contributed by atoms with Gasteiger partial charge in [-0.2, -0.15) is 0 Å². The number of ether oxygens (including phenoxy) is 1. The van der Waals surface area contributed by atoms with E-state index < -0.39 is 25.5 Å². The van der Waals surface area contributed by atoms with Gasteiger partial charge >= 0.3 is 0 Å². The molecule has 0 aromatic heterocycles. The van der Waals surface area contributed by atoms with Crippen LogP contribution in [0, 0.1) is 5.82 Å². The van der Waals surface area contributed by atoms with E-state index in [1.54, 1.807) is 6.07 Å². The Labute approximate surface area is 128 Å². The standard InChI is InChI=1S/C14H17ClFNO3Si/c1-14(8-6-5-7-9(15)10(8)16)12(18)11(13(17)19-14)20-21(2,3)4/h5-7H,17H2,1-4H3. The fourth-order valence-corrected chi connectivity index (χ4v) is 3.07. The molecule has 2 rings (SSSR count). The highest BCUT2D eigenvalue weighted by Crippen LogP contribution is 2.40. The SMILES string of the molecule is CC1(c2cccc(Cl)c2F)OC(N)=C(O[Si](C)(C)C)C1=O. The number of Topliss-reactive ketones (excluding diaryl/α,β-unsaturated/α-hetero) is 1. The number of hydrogen-bond donors (Lipinski definition) is 1. The first-order chi connectivity index (χ1) is 9.56.